The molecule has 0 saturated carbocycles. The van der Waals surface area contributed by atoms with Crippen molar-refractivity contribution in [1.29, 1.82) is 0 Å². The van der Waals surface area contributed by atoms with Crippen LogP contribution in [-0.2, 0) is 6.42 Å². The fraction of sp³-hybridized carbons (Fsp3) is 0.786. The maximum Gasteiger partial charge on any atom is 0.0794 e. The molecular formula is C14H25N3S. The zero-order valence-corrected chi connectivity index (χ0v) is 12.1. The third-order valence-electron chi connectivity index (χ3n) is 3.66. The summed E-state index contributed by atoms with van der Waals surface area (Å²) in [6.45, 7) is 4.54. The number of nitrogens with one attached hydrogen (secondary N) is 2. The van der Waals surface area contributed by atoms with E-state index in [4.69, 9.17) is 0 Å². The van der Waals surface area contributed by atoms with Crippen LogP contribution < -0.4 is 10.6 Å². The van der Waals surface area contributed by atoms with Gasteiger partial charge in [-0.05, 0) is 32.7 Å². The maximum absolute atomic E-state index is 4.31. The minimum atomic E-state index is 0.597. The van der Waals surface area contributed by atoms with Crippen molar-refractivity contribution in [3.05, 3.63) is 16.6 Å². The van der Waals surface area contributed by atoms with E-state index in [1.165, 1.54) is 44.3 Å². The van der Waals surface area contributed by atoms with Crippen LogP contribution in [-0.4, -0.2) is 30.2 Å². The van der Waals surface area contributed by atoms with Crippen molar-refractivity contribution in [3.8, 4) is 0 Å². The topological polar surface area (TPSA) is 37.0 Å². The summed E-state index contributed by atoms with van der Waals surface area (Å²) in [7, 11) is 0. The summed E-state index contributed by atoms with van der Waals surface area (Å²) in [5.74, 6) is 0. The van der Waals surface area contributed by atoms with Crippen LogP contribution in [0.3, 0.4) is 0 Å². The van der Waals surface area contributed by atoms with Crippen LogP contribution >= 0.6 is 11.3 Å². The lowest BCUT2D eigenvalue weighted by Crippen LogP contribution is -2.37. The van der Waals surface area contributed by atoms with Gasteiger partial charge in [-0.2, -0.15) is 0 Å². The molecule has 4 heteroatoms. The molecule has 0 aromatic carbocycles. The second-order valence-corrected chi connectivity index (χ2v) is 6.04. The molecule has 0 bridgehead atoms. The van der Waals surface area contributed by atoms with Crippen molar-refractivity contribution in [2.24, 2.45) is 0 Å². The summed E-state index contributed by atoms with van der Waals surface area (Å²) in [5, 5.41) is 9.42. The third kappa shape index (κ3) is 5.04. The van der Waals surface area contributed by atoms with E-state index in [1.807, 2.05) is 5.51 Å². The van der Waals surface area contributed by atoms with Crippen LogP contribution in [0.5, 0.6) is 0 Å². The highest BCUT2D eigenvalue weighted by molar-refractivity contribution is 7.07. The molecule has 1 aliphatic rings. The summed E-state index contributed by atoms with van der Waals surface area (Å²) in [6, 6.07) is 1.31. The van der Waals surface area contributed by atoms with E-state index in [9.17, 15) is 0 Å². The van der Waals surface area contributed by atoms with Gasteiger partial charge >= 0.3 is 0 Å². The van der Waals surface area contributed by atoms with Gasteiger partial charge in [0.2, 0.25) is 0 Å². The molecule has 1 aromatic rings. The molecule has 18 heavy (non-hydrogen) atoms. The zero-order chi connectivity index (χ0) is 12.6. The third-order valence-corrected chi connectivity index (χ3v) is 4.29. The van der Waals surface area contributed by atoms with Crippen LogP contribution in [0.4, 0.5) is 0 Å². The van der Waals surface area contributed by atoms with Crippen LogP contribution in [0.25, 0.3) is 0 Å². The summed E-state index contributed by atoms with van der Waals surface area (Å²) in [4.78, 5) is 4.31. The molecule has 1 fully saturated rings. The molecule has 1 aliphatic heterocycles. The second-order valence-electron chi connectivity index (χ2n) is 5.32. The van der Waals surface area contributed by atoms with E-state index in [0.717, 1.165) is 13.0 Å². The normalized spacial score (nSPS) is 22.6. The quantitative estimate of drug-likeness (QED) is 0.832. The summed E-state index contributed by atoms with van der Waals surface area (Å²) < 4.78 is 0. The van der Waals surface area contributed by atoms with Crippen molar-refractivity contribution in [2.45, 2.75) is 57.5 Å². The minimum absolute atomic E-state index is 0.597. The van der Waals surface area contributed by atoms with Gasteiger partial charge < -0.3 is 10.6 Å². The van der Waals surface area contributed by atoms with Crippen molar-refractivity contribution in [3.63, 3.8) is 0 Å². The van der Waals surface area contributed by atoms with Crippen LogP contribution in [0, 0.1) is 0 Å². The average Bonchev–Trinajstić information content (AvgIpc) is 2.74. The number of nitrogens with zero attached hydrogens (tertiary/aromatic N) is 1. The Balaban J connectivity index is 1.60. The Labute approximate surface area is 114 Å². The maximum atomic E-state index is 4.31. The Morgan fingerprint density at radius 1 is 1.50 bits per heavy atom. The molecule has 1 aromatic heterocycles. The van der Waals surface area contributed by atoms with E-state index in [1.54, 1.807) is 11.3 Å². The van der Waals surface area contributed by atoms with Gasteiger partial charge in [0, 0.05) is 30.4 Å². The predicted octanol–water partition coefficient (Wildman–Crippen LogP) is 2.59. The zero-order valence-electron chi connectivity index (χ0n) is 11.3. The fourth-order valence-corrected chi connectivity index (χ4v) is 3.21. The van der Waals surface area contributed by atoms with Crippen LogP contribution in [0.1, 0.15) is 44.7 Å². The molecule has 1 saturated heterocycles. The summed E-state index contributed by atoms with van der Waals surface area (Å²) in [6.07, 6.45) is 7.78. The molecule has 3 nitrogen and oxygen atoms in total. The summed E-state index contributed by atoms with van der Waals surface area (Å²) in [5.41, 5.74) is 3.13. The van der Waals surface area contributed by atoms with Gasteiger partial charge in [-0.15, -0.1) is 11.3 Å². The van der Waals surface area contributed by atoms with Crippen molar-refractivity contribution >= 4 is 11.3 Å². The molecule has 2 rings (SSSR count). The Morgan fingerprint density at radius 2 is 2.44 bits per heavy atom. The SMILES string of the molecule is CC(CC1CCCCCN1)NCCc1cscn1. The Kier molecular flexibility index (Phi) is 6.11. The van der Waals surface area contributed by atoms with E-state index >= 15 is 0 Å². The number of thiazole rings is 1. The van der Waals surface area contributed by atoms with Gasteiger partial charge in [0.15, 0.2) is 0 Å². The lowest BCUT2D eigenvalue weighted by atomic mass is 10.0. The van der Waals surface area contributed by atoms with Crippen molar-refractivity contribution in [2.75, 3.05) is 13.1 Å². The van der Waals surface area contributed by atoms with Gasteiger partial charge in [0.25, 0.3) is 0 Å². The van der Waals surface area contributed by atoms with E-state index in [-0.39, 0.29) is 0 Å². The molecular weight excluding hydrogens is 242 g/mol. The highest BCUT2D eigenvalue weighted by Gasteiger charge is 2.14. The number of rotatable bonds is 6. The van der Waals surface area contributed by atoms with E-state index in [2.05, 4.69) is 27.9 Å². The highest BCUT2D eigenvalue weighted by atomic mass is 32.1. The molecule has 2 heterocycles. The first-order valence-electron chi connectivity index (χ1n) is 7.18. The molecule has 0 amide bonds. The lowest BCUT2D eigenvalue weighted by molar-refractivity contribution is 0.404. The van der Waals surface area contributed by atoms with Gasteiger partial charge in [-0.25, -0.2) is 4.98 Å². The lowest BCUT2D eigenvalue weighted by Gasteiger charge is -2.21. The number of aromatic nitrogens is 1. The molecule has 2 N–H and O–H groups in total. The molecule has 0 spiro atoms. The Bertz CT molecular complexity index is 305. The first-order chi connectivity index (χ1) is 8.84. The average molecular weight is 267 g/mol. The minimum Gasteiger partial charge on any atom is -0.314 e. The highest BCUT2D eigenvalue weighted by Crippen LogP contribution is 2.12. The molecule has 2 atom stereocenters. The molecule has 2 unspecified atom stereocenters. The molecule has 0 radical (unpaired) electrons. The van der Waals surface area contributed by atoms with Crippen LogP contribution in [0.2, 0.25) is 0 Å². The van der Waals surface area contributed by atoms with Crippen molar-refractivity contribution < 1.29 is 0 Å². The van der Waals surface area contributed by atoms with Crippen LogP contribution in [0.15, 0.2) is 10.9 Å². The second kappa shape index (κ2) is 7.87. The summed E-state index contributed by atoms with van der Waals surface area (Å²) >= 11 is 1.68. The first-order valence-corrected chi connectivity index (χ1v) is 8.12. The Hall–Kier alpha value is -0.450. The molecule has 102 valence electrons. The smallest absolute Gasteiger partial charge is 0.0794 e. The van der Waals surface area contributed by atoms with Gasteiger partial charge in [0.1, 0.15) is 0 Å². The molecule has 0 aliphatic carbocycles. The van der Waals surface area contributed by atoms with E-state index < -0.39 is 0 Å². The van der Waals surface area contributed by atoms with Gasteiger partial charge in [0.05, 0.1) is 11.2 Å². The number of hydrogen-bond donors (Lipinski definition) is 2. The predicted molar refractivity (Wildman–Crippen MR) is 78.2 cm³/mol. The van der Waals surface area contributed by atoms with Gasteiger partial charge in [-0.1, -0.05) is 12.8 Å². The van der Waals surface area contributed by atoms with Crippen molar-refractivity contribution in [1.82, 2.24) is 15.6 Å². The fourth-order valence-electron chi connectivity index (χ4n) is 2.62. The van der Waals surface area contributed by atoms with Gasteiger partial charge in [-0.3, -0.25) is 0 Å². The Morgan fingerprint density at radius 3 is 3.28 bits per heavy atom. The largest absolute Gasteiger partial charge is 0.314 e. The van der Waals surface area contributed by atoms with E-state index in [0.29, 0.717) is 12.1 Å². The first kappa shape index (κ1) is 14.0. The number of hydrogen-bond acceptors (Lipinski definition) is 4. The monoisotopic (exact) mass is 267 g/mol. The standard InChI is InChI=1S/C14H25N3S/c1-12(9-13-5-3-2-4-7-16-13)15-8-6-14-10-18-11-17-14/h10-13,15-16H,2-9H2,1H3.